The van der Waals surface area contributed by atoms with Crippen LogP contribution in [0.15, 0.2) is 53.0 Å². The Morgan fingerprint density at radius 1 is 1.05 bits per heavy atom. The van der Waals surface area contributed by atoms with Crippen LogP contribution in [-0.2, 0) is 6.42 Å². The topological polar surface area (TPSA) is 29.9 Å². The monoisotopic (exact) mass is 357 g/mol. The van der Waals surface area contributed by atoms with Crippen LogP contribution in [0.5, 0.6) is 0 Å². The summed E-state index contributed by atoms with van der Waals surface area (Å²) in [6.45, 7) is 0.901. The van der Waals surface area contributed by atoms with Gasteiger partial charge in [0.05, 0.1) is 11.4 Å². The van der Waals surface area contributed by atoms with Crippen LogP contribution in [0.3, 0.4) is 0 Å². The number of aromatic nitrogens is 2. The molecule has 110 valence electrons. The van der Waals surface area contributed by atoms with Crippen LogP contribution in [0.2, 0.25) is 0 Å². The fourth-order valence-corrected chi connectivity index (χ4v) is 3.05. The van der Waals surface area contributed by atoms with E-state index in [1.807, 2.05) is 28.9 Å². The minimum absolute atomic E-state index is 0.231. The highest BCUT2D eigenvalue weighted by atomic mass is 79.9. The summed E-state index contributed by atoms with van der Waals surface area (Å²) >= 11 is 3.45. The molecule has 1 N–H and O–H groups in total. The van der Waals surface area contributed by atoms with Crippen molar-refractivity contribution in [3.8, 4) is 16.9 Å². The van der Waals surface area contributed by atoms with Crippen LogP contribution in [0, 0.1) is 5.82 Å². The van der Waals surface area contributed by atoms with Crippen molar-refractivity contribution in [1.29, 1.82) is 0 Å². The van der Waals surface area contributed by atoms with Gasteiger partial charge in [0.1, 0.15) is 11.6 Å². The zero-order valence-corrected chi connectivity index (χ0v) is 13.3. The minimum atomic E-state index is -0.231. The molecule has 0 spiro atoms. The maximum atomic E-state index is 13.1. The number of benzene rings is 2. The van der Waals surface area contributed by atoms with E-state index in [1.54, 1.807) is 12.1 Å². The molecule has 0 aliphatic carbocycles. The minimum Gasteiger partial charge on any atom is -0.369 e. The number of nitrogens with zero attached hydrogens (tertiary/aromatic N) is 2. The summed E-state index contributed by atoms with van der Waals surface area (Å²) in [5.41, 5.74) is 4.05. The molecule has 0 radical (unpaired) electrons. The molecule has 1 aliphatic rings. The Bertz CT molecular complexity index is 754. The first kappa shape index (κ1) is 13.5. The number of anilines is 1. The predicted molar refractivity (Wildman–Crippen MR) is 88.9 cm³/mol. The summed E-state index contributed by atoms with van der Waals surface area (Å²) in [6.07, 6.45) is 0.929. The fourth-order valence-electron chi connectivity index (χ4n) is 2.78. The lowest BCUT2D eigenvalue weighted by Gasteiger charge is -2.06. The average Bonchev–Trinajstić information content (AvgIpc) is 3.12. The van der Waals surface area contributed by atoms with Crippen LogP contribution in [-0.4, -0.2) is 16.3 Å². The number of hydrogen-bond acceptors (Lipinski definition) is 2. The SMILES string of the molecule is Fc1ccc(-c2nn(-c3ccc(Br)cc3)c3c2CCN3)cc1. The molecule has 0 unspecified atom stereocenters. The van der Waals surface area contributed by atoms with E-state index in [0.717, 1.165) is 40.2 Å². The molecule has 3 aromatic rings. The molecule has 1 aliphatic heterocycles. The highest BCUT2D eigenvalue weighted by molar-refractivity contribution is 9.10. The second-order valence-electron chi connectivity index (χ2n) is 5.25. The Hall–Kier alpha value is -2.14. The Morgan fingerprint density at radius 3 is 2.50 bits per heavy atom. The van der Waals surface area contributed by atoms with Gasteiger partial charge in [-0.25, -0.2) is 9.07 Å². The Labute approximate surface area is 135 Å². The summed E-state index contributed by atoms with van der Waals surface area (Å²) in [7, 11) is 0. The van der Waals surface area contributed by atoms with E-state index in [0.29, 0.717) is 0 Å². The molecule has 0 bridgehead atoms. The summed E-state index contributed by atoms with van der Waals surface area (Å²) in [5, 5.41) is 8.15. The smallest absolute Gasteiger partial charge is 0.133 e. The zero-order valence-electron chi connectivity index (χ0n) is 11.7. The van der Waals surface area contributed by atoms with Crippen molar-refractivity contribution >= 4 is 21.7 Å². The lowest BCUT2D eigenvalue weighted by molar-refractivity contribution is 0.628. The van der Waals surface area contributed by atoms with Crippen molar-refractivity contribution in [1.82, 2.24) is 9.78 Å². The number of nitrogens with one attached hydrogen (secondary N) is 1. The third-order valence-corrected chi connectivity index (χ3v) is 4.37. The van der Waals surface area contributed by atoms with E-state index >= 15 is 0 Å². The number of fused-ring (bicyclic) bond motifs is 1. The van der Waals surface area contributed by atoms with E-state index in [2.05, 4.69) is 21.2 Å². The van der Waals surface area contributed by atoms with E-state index in [1.165, 1.54) is 17.7 Å². The van der Waals surface area contributed by atoms with Crippen molar-refractivity contribution in [2.75, 3.05) is 11.9 Å². The molecule has 3 nitrogen and oxygen atoms in total. The number of hydrogen-bond donors (Lipinski definition) is 1. The second kappa shape index (κ2) is 5.25. The van der Waals surface area contributed by atoms with E-state index < -0.39 is 0 Å². The third kappa shape index (κ3) is 2.22. The maximum absolute atomic E-state index is 13.1. The van der Waals surface area contributed by atoms with Gasteiger partial charge in [0.15, 0.2) is 0 Å². The quantitative estimate of drug-likeness (QED) is 0.736. The van der Waals surface area contributed by atoms with Crippen molar-refractivity contribution < 1.29 is 4.39 Å². The highest BCUT2D eigenvalue weighted by Crippen LogP contribution is 2.34. The van der Waals surface area contributed by atoms with Gasteiger partial charge in [-0.2, -0.15) is 5.10 Å². The first-order valence-corrected chi connectivity index (χ1v) is 7.89. The summed E-state index contributed by atoms with van der Waals surface area (Å²) in [5.74, 6) is 0.799. The van der Waals surface area contributed by atoms with E-state index in [-0.39, 0.29) is 5.82 Å². The second-order valence-corrected chi connectivity index (χ2v) is 6.16. The lowest BCUT2D eigenvalue weighted by Crippen LogP contribution is -2.04. The summed E-state index contributed by atoms with van der Waals surface area (Å²) in [4.78, 5) is 0. The average molecular weight is 358 g/mol. The van der Waals surface area contributed by atoms with Crippen LogP contribution in [0.25, 0.3) is 16.9 Å². The van der Waals surface area contributed by atoms with Gasteiger partial charge in [-0.3, -0.25) is 0 Å². The highest BCUT2D eigenvalue weighted by Gasteiger charge is 2.23. The largest absolute Gasteiger partial charge is 0.369 e. The molecular formula is C17H13BrFN3. The molecule has 1 aromatic heterocycles. The van der Waals surface area contributed by atoms with Gasteiger partial charge < -0.3 is 5.32 Å². The Kier molecular flexibility index (Phi) is 3.22. The standard InChI is InChI=1S/C17H13BrFN3/c18-12-3-7-14(8-4-12)22-17-15(9-10-20-17)16(21-22)11-1-5-13(19)6-2-11/h1-8,20H,9-10H2. The van der Waals surface area contributed by atoms with Gasteiger partial charge in [-0.15, -0.1) is 0 Å². The first-order chi connectivity index (χ1) is 10.7. The molecule has 0 fully saturated rings. The number of rotatable bonds is 2. The number of halogens is 2. The summed E-state index contributed by atoms with van der Waals surface area (Å²) in [6, 6.07) is 14.5. The van der Waals surface area contributed by atoms with Crippen molar-refractivity contribution in [2.45, 2.75) is 6.42 Å². The van der Waals surface area contributed by atoms with Gasteiger partial charge in [0.25, 0.3) is 0 Å². The van der Waals surface area contributed by atoms with Crippen molar-refractivity contribution in [3.05, 3.63) is 64.4 Å². The molecule has 22 heavy (non-hydrogen) atoms. The van der Waals surface area contributed by atoms with Gasteiger partial charge >= 0.3 is 0 Å². The maximum Gasteiger partial charge on any atom is 0.133 e. The normalized spacial score (nSPS) is 13.0. The van der Waals surface area contributed by atoms with Gasteiger partial charge in [0, 0.05) is 22.1 Å². The molecule has 5 heteroatoms. The van der Waals surface area contributed by atoms with Gasteiger partial charge in [-0.05, 0) is 55.0 Å². The van der Waals surface area contributed by atoms with Crippen LogP contribution < -0.4 is 5.32 Å². The Morgan fingerprint density at radius 2 is 1.77 bits per heavy atom. The zero-order chi connectivity index (χ0) is 15.1. The molecule has 4 rings (SSSR count). The molecule has 2 aromatic carbocycles. The molecule has 0 amide bonds. The van der Waals surface area contributed by atoms with Crippen molar-refractivity contribution in [3.63, 3.8) is 0 Å². The molecular weight excluding hydrogens is 345 g/mol. The van der Waals surface area contributed by atoms with Crippen molar-refractivity contribution in [2.24, 2.45) is 0 Å². The first-order valence-electron chi connectivity index (χ1n) is 7.10. The molecule has 0 saturated carbocycles. The molecule has 2 heterocycles. The lowest BCUT2D eigenvalue weighted by atomic mass is 10.1. The fraction of sp³-hybridized carbons (Fsp3) is 0.118. The van der Waals surface area contributed by atoms with E-state index in [9.17, 15) is 4.39 Å². The third-order valence-electron chi connectivity index (χ3n) is 3.84. The van der Waals surface area contributed by atoms with E-state index in [4.69, 9.17) is 5.10 Å². The van der Waals surface area contributed by atoms with Crippen LogP contribution >= 0.6 is 15.9 Å². The van der Waals surface area contributed by atoms with Gasteiger partial charge in [0.2, 0.25) is 0 Å². The predicted octanol–water partition coefficient (Wildman–Crippen LogP) is 4.41. The summed E-state index contributed by atoms with van der Waals surface area (Å²) < 4.78 is 16.1. The van der Waals surface area contributed by atoms with Crippen LogP contribution in [0.4, 0.5) is 10.2 Å². The molecule has 0 atom stereocenters. The van der Waals surface area contributed by atoms with Gasteiger partial charge in [-0.1, -0.05) is 15.9 Å². The molecule has 0 saturated heterocycles. The van der Waals surface area contributed by atoms with Crippen LogP contribution in [0.1, 0.15) is 5.56 Å². The Balaban J connectivity index is 1.86.